The number of thioether (sulfide) groups is 1. The first kappa shape index (κ1) is 12.8. The second kappa shape index (κ2) is 4.74. The molecule has 1 aliphatic rings. The minimum absolute atomic E-state index is 0.103. The molecule has 0 bridgehead atoms. The largest absolute Gasteiger partial charge is 0.354 e. The average Bonchev–Trinajstić information content (AvgIpc) is 2.07. The van der Waals surface area contributed by atoms with Crippen molar-refractivity contribution in [2.45, 2.75) is 50.3 Å². The minimum Gasteiger partial charge on any atom is -0.354 e. The quantitative estimate of drug-likeness (QED) is 0.770. The predicted octanol–water partition coefficient (Wildman–Crippen LogP) is 1.52. The van der Waals surface area contributed by atoms with Crippen LogP contribution in [0.1, 0.15) is 40.0 Å². The van der Waals surface area contributed by atoms with Gasteiger partial charge in [0.25, 0.3) is 0 Å². The minimum atomic E-state index is -0.109. The van der Waals surface area contributed by atoms with Gasteiger partial charge in [-0.15, -0.1) is 11.8 Å². The molecule has 1 rings (SSSR count). The van der Waals surface area contributed by atoms with Crippen LogP contribution in [-0.2, 0) is 4.79 Å². The van der Waals surface area contributed by atoms with E-state index in [-0.39, 0.29) is 16.2 Å². The summed E-state index contributed by atoms with van der Waals surface area (Å²) in [6, 6.07) is 0. The number of hydrogen-bond donors (Lipinski definition) is 2. The molecule has 0 aromatic heterocycles. The molecule has 3 N–H and O–H groups in total. The summed E-state index contributed by atoms with van der Waals surface area (Å²) in [5.74, 6) is 0.631. The summed E-state index contributed by atoms with van der Waals surface area (Å²) in [7, 11) is 0. The molecule has 0 unspecified atom stereocenters. The van der Waals surface area contributed by atoms with E-state index < -0.39 is 0 Å². The molecule has 88 valence electrons. The predicted molar refractivity (Wildman–Crippen MR) is 66.0 cm³/mol. The van der Waals surface area contributed by atoms with Gasteiger partial charge in [-0.1, -0.05) is 20.8 Å². The lowest BCUT2D eigenvalue weighted by molar-refractivity contribution is -0.119. The lowest BCUT2D eigenvalue weighted by atomic mass is 9.78. The molecular weight excluding hydrogens is 208 g/mol. The van der Waals surface area contributed by atoms with Crippen molar-refractivity contribution < 1.29 is 4.79 Å². The van der Waals surface area contributed by atoms with Crippen LogP contribution in [0.4, 0.5) is 0 Å². The van der Waals surface area contributed by atoms with E-state index in [0.29, 0.717) is 12.3 Å². The Morgan fingerprint density at radius 3 is 2.47 bits per heavy atom. The molecule has 0 spiro atoms. The number of carbonyl (C=O) groups excluding carboxylic acids is 1. The lowest BCUT2D eigenvalue weighted by Crippen LogP contribution is -2.55. The zero-order valence-corrected chi connectivity index (χ0v) is 10.7. The summed E-state index contributed by atoms with van der Waals surface area (Å²) < 4.78 is 0.147. The van der Waals surface area contributed by atoms with Gasteiger partial charge >= 0.3 is 0 Å². The van der Waals surface area contributed by atoms with Crippen LogP contribution in [0.3, 0.4) is 0 Å². The van der Waals surface area contributed by atoms with Gasteiger partial charge in [0.1, 0.15) is 0 Å². The zero-order valence-electron chi connectivity index (χ0n) is 9.93. The van der Waals surface area contributed by atoms with E-state index >= 15 is 0 Å². The van der Waals surface area contributed by atoms with Gasteiger partial charge in [-0.25, -0.2) is 0 Å². The van der Waals surface area contributed by atoms with E-state index in [1.54, 1.807) is 11.8 Å². The summed E-state index contributed by atoms with van der Waals surface area (Å²) in [4.78, 5) is 11.5. The molecule has 1 amide bonds. The smallest absolute Gasteiger partial charge is 0.230 e. The van der Waals surface area contributed by atoms with Gasteiger partial charge in [0.15, 0.2) is 0 Å². The zero-order chi connectivity index (χ0) is 11.5. The van der Waals surface area contributed by atoms with Crippen molar-refractivity contribution in [3.8, 4) is 0 Å². The Morgan fingerprint density at radius 2 is 2.07 bits per heavy atom. The van der Waals surface area contributed by atoms with E-state index in [1.807, 2.05) is 0 Å². The molecule has 1 aliphatic carbocycles. The highest BCUT2D eigenvalue weighted by atomic mass is 32.2. The van der Waals surface area contributed by atoms with Gasteiger partial charge in [0.2, 0.25) is 5.91 Å². The first-order valence-corrected chi connectivity index (χ1v) is 6.49. The topological polar surface area (TPSA) is 55.1 Å². The second-order valence-electron chi connectivity index (χ2n) is 5.39. The van der Waals surface area contributed by atoms with Crippen LogP contribution in [-0.4, -0.2) is 28.5 Å². The number of carbonyl (C=O) groups is 1. The Kier molecular flexibility index (Phi) is 4.06. The van der Waals surface area contributed by atoms with Gasteiger partial charge in [-0.05, 0) is 19.3 Å². The van der Waals surface area contributed by atoms with E-state index in [4.69, 9.17) is 5.73 Å². The molecule has 0 saturated heterocycles. The monoisotopic (exact) mass is 230 g/mol. The Morgan fingerprint density at radius 1 is 1.47 bits per heavy atom. The number of rotatable bonds is 4. The Bertz CT molecular complexity index is 231. The van der Waals surface area contributed by atoms with E-state index in [1.165, 1.54) is 6.42 Å². The Hall–Kier alpha value is -0.220. The molecule has 0 aromatic rings. The van der Waals surface area contributed by atoms with Crippen molar-refractivity contribution in [2.75, 3.05) is 12.3 Å². The first-order valence-electron chi connectivity index (χ1n) is 5.50. The second-order valence-corrected chi connectivity index (χ2v) is 7.20. The number of amides is 1. The van der Waals surface area contributed by atoms with Crippen LogP contribution in [0.15, 0.2) is 0 Å². The van der Waals surface area contributed by atoms with E-state index in [0.717, 1.165) is 12.8 Å². The van der Waals surface area contributed by atoms with Crippen LogP contribution < -0.4 is 11.1 Å². The van der Waals surface area contributed by atoms with Crippen molar-refractivity contribution >= 4 is 17.7 Å². The maximum atomic E-state index is 11.5. The maximum absolute atomic E-state index is 11.5. The highest BCUT2D eigenvalue weighted by Gasteiger charge is 2.32. The third-order valence-corrected chi connectivity index (χ3v) is 3.90. The molecule has 0 aliphatic heterocycles. The first-order chi connectivity index (χ1) is 6.81. The third-order valence-electron chi connectivity index (χ3n) is 2.62. The fourth-order valence-electron chi connectivity index (χ4n) is 1.42. The van der Waals surface area contributed by atoms with Gasteiger partial charge in [-0.3, -0.25) is 4.79 Å². The van der Waals surface area contributed by atoms with E-state index in [2.05, 4.69) is 26.1 Å². The molecule has 0 atom stereocenters. The third kappa shape index (κ3) is 4.89. The summed E-state index contributed by atoms with van der Waals surface area (Å²) in [6.07, 6.45) is 3.28. The summed E-state index contributed by atoms with van der Waals surface area (Å²) in [5.41, 5.74) is 5.90. The van der Waals surface area contributed by atoms with Crippen molar-refractivity contribution in [1.82, 2.24) is 5.32 Å². The maximum Gasteiger partial charge on any atom is 0.230 e. The molecule has 15 heavy (non-hydrogen) atoms. The molecular formula is C11H22N2OS. The molecule has 1 saturated carbocycles. The molecule has 3 nitrogen and oxygen atoms in total. The Balaban J connectivity index is 2.14. The SMILES string of the molecule is CC(C)(C)SCC(=O)NCC1(N)CCC1. The summed E-state index contributed by atoms with van der Waals surface area (Å²) in [6.45, 7) is 6.97. The van der Waals surface area contributed by atoms with Crippen LogP contribution in [0, 0.1) is 0 Å². The van der Waals surface area contributed by atoms with Crippen LogP contribution in [0.25, 0.3) is 0 Å². The molecule has 0 aromatic carbocycles. The van der Waals surface area contributed by atoms with E-state index in [9.17, 15) is 4.79 Å². The van der Waals surface area contributed by atoms with Gasteiger partial charge in [-0.2, -0.15) is 0 Å². The van der Waals surface area contributed by atoms with Crippen molar-refractivity contribution in [3.63, 3.8) is 0 Å². The van der Waals surface area contributed by atoms with Gasteiger partial charge in [0, 0.05) is 16.8 Å². The molecule has 0 heterocycles. The summed E-state index contributed by atoms with van der Waals surface area (Å²) >= 11 is 1.67. The summed E-state index contributed by atoms with van der Waals surface area (Å²) in [5, 5.41) is 2.91. The lowest BCUT2D eigenvalue weighted by Gasteiger charge is -2.38. The van der Waals surface area contributed by atoms with Gasteiger partial charge in [0.05, 0.1) is 5.75 Å². The van der Waals surface area contributed by atoms with Crippen molar-refractivity contribution in [1.29, 1.82) is 0 Å². The fraction of sp³-hybridized carbons (Fsp3) is 0.909. The highest BCUT2D eigenvalue weighted by molar-refractivity contribution is 8.01. The van der Waals surface area contributed by atoms with Crippen LogP contribution >= 0.6 is 11.8 Å². The van der Waals surface area contributed by atoms with Crippen molar-refractivity contribution in [3.05, 3.63) is 0 Å². The standard InChI is InChI=1S/C11H22N2OS/c1-10(2,3)15-7-9(14)13-8-11(12)5-4-6-11/h4-8,12H2,1-3H3,(H,13,14). The number of nitrogens with two attached hydrogens (primary N) is 1. The van der Waals surface area contributed by atoms with Crippen molar-refractivity contribution in [2.24, 2.45) is 5.73 Å². The van der Waals surface area contributed by atoms with Crippen LogP contribution in [0.2, 0.25) is 0 Å². The average molecular weight is 230 g/mol. The number of nitrogens with one attached hydrogen (secondary N) is 1. The number of hydrogen-bond acceptors (Lipinski definition) is 3. The Labute approximate surface area is 96.6 Å². The molecule has 0 radical (unpaired) electrons. The van der Waals surface area contributed by atoms with Gasteiger partial charge < -0.3 is 11.1 Å². The van der Waals surface area contributed by atoms with Crippen LogP contribution in [0.5, 0.6) is 0 Å². The molecule has 1 fully saturated rings. The fourth-order valence-corrected chi connectivity index (χ4v) is 2.08. The highest BCUT2D eigenvalue weighted by Crippen LogP contribution is 2.28. The normalized spacial score (nSPS) is 19.5. The molecule has 4 heteroatoms.